The number of carbonyl (C=O) groups excluding carboxylic acids is 1. The van der Waals surface area contributed by atoms with Gasteiger partial charge in [-0.05, 0) is 51.3 Å². The van der Waals surface area contributed by atoms with Crippen LogP contribution in [0.2, 0.25) is 0 Å². The van der Waals surface area contributed by atoms with Crippen LogP contribution in [0.15, 0.2) is 12.1 Å². The SMILES string of the molecule is Cc1cc(C)c(CC(=O)NC(C)C)c(C)c1. The summed E-state index contributed by atoms with van der Waals surface area (Å²) in [6, 6.07) is 4.47. The summed E-state index contributed by atoms with van der Waals surface area (Å²) in [6.45, 7) is 10.2. The van der Waals surface area contributed by atoms with E-state index >= 15 is 0 Å². The van der Waals surface area contributed by atoms with Gasteiger partial charge in [0.15, 0.2) is 0 Å². The van der Waals surface area contributed by atoms with Crippen LogP contribution >= 0.6 is 0 Å². The normalized spacial score (nSPS) is 10.6. The van der Waals surface area contributed by atoms with Crippen LogP contribution in [0.25, 0.3) is 0 Å². The van der Waals surface area contributed by atoms with Crippen molar-refractivity contribution in [1.29, 1.82) is 0 Å². The van der Waals surface area contributed by atoms with E-state index < -0.39 is 0 Å². The van der Waals surface area contributed by atoms with Gasteiger partial charge in [0.2, 0.25) is 5.91 Å². The van der Waals surface area contributed by atoms with Crippen molar-refractivity contribution in [1.82, 2.24) is 5.32 Å². The molecule has 1 aromatic carbocycles. The van der Waals surface area contributed by atoms with Gasteiger partial charge in [0.05, 0.1) is 6.42 Å². The molecule has 16 heavy (non-hydrogen) atoms. The number of benzene rings is 1. The van der Waals surface area contributed by atoms with E-state index in [0.29, 0.717) is 6.42 Å². The van der Waals surface area contributed by atoms with Crippen LogP contribution in [-0.4, -0.2) is 11.9 Å². The third kappa shape index (κ3) is 3.37. The molecule has 1 amide bonds. The molecule has 0 saturated carbocycles. The van der Waals surface area contributed by atoms with Crippen LogP contribution in [-0.2, 0) is 11.2 Å². The molecular formula is C14H21NO. The molecule has 0 aliphatic carbocycles. The summed E-state index contributed by atoms with van der Waals surface area (Å²) in [6.07, 6.45) is 0.482. The summed E-state index contributed by atoms with van der Waals surface area (Å²) in [4.78, 5) is 11.7. The smallest absolute Gasteiger partial charge is 0.224 e. The predicted molar refractivity (Wildman–Crippen MR) is 67.6 cm³/mol. The maximum atomic E-state index is 11.7. The lowest BCUT2D eigenvalue weighted by Crippen LogP contribution is -2.31. The first-order valence-electron chi connectivity index (χ1n) is 5.76. The minimum atomic E-state index is 0.102. The molecule has 0 bridgehead atoms. The van der Waals surface area contributed by atoms with Gasteiger partial charge in [0.25, 0.3) is 0 Å². The molecule has 0 aromatic heterocycles. The molecule has 0 aliphatic heterocycles. The Morgan fingerprint density at radius 3 is 2.12 bits per heavy atom. The average Bonchev–Trinajstić information content (AvgIpc) is 2.09. The molecule has 0 radical (unpaired) electrons. The molecule has 1 aromatic rings. The molecule has 2 nitrogen and oxygen atoms in total. The quantitative estimate of drug-likeness (QED) is 0.832. The number of amides is 1. The van der Waals surface area contributed by atoms with Gasteiger partial charge in [-0.3, -0.25) is 4.79 Å². The second kappa shape index (κ2) is 5.15. The minimum Gasteiger partial charge on any atom is -0.354 e. The number of carbonyl (C=O) groups is 1. The fraction of sp³-hybridized carbons (Fsp3) is 0.500. The fourth-order valence-electron chi connectivity index (χ4n) is 2.02. The maximum absolute atomic E-state index is 11.7. The van der Waals surface area contributed by atoms with Crippen LogP contribution in [0.5, 0.6) is 0 Å². The van der Waals surface area contributed by atoms with E-state index in [0.717, 1.165) is 5.56 Å². The molecule has 0 aliphatic rings. The Balaban J connectivity index is 2.85. The van der Waals surface area contributed by atoms with Crippen molar-refractivity contribution in [2.75, 3.05) is 0 Å². The number of hydrogen-bond acceptors (Lipinski definition) is 1. The highest BCUT2D eigenvalue weighted by molar-refractivity contribution is 5.79. The molecular weight excluding hydrogens is 198 g/mol. The summed E-state index contributed by atoms with van der Waals surface area (Å²) in [7, 11) is 0. The van der Waals surface area contributed by atoms with Crippen molar-refractivity contribution in [2.24, 2.45) is 0 Å². The van der Waals surface area contributed by atoms with E-state index in [1.807, 2.05) is 13.8 Å². The number of hydrogen-bond donors (Lipinski definition) is 1. The van der Waals surface area contributed by atoms with E-state index in [4.69, 9.17) is 0 Å². The first-order valence-corrected chi connectivity index (χ1v) is 5.76. The van der Waals surface area contributed by atoms with Crippen LogP contribution in [0.4, 0.5) is 0 Å². The van der Waals surface area contributed by atoms with Gasteiger partial charge < -0.3 is 5.32 Å². The summed E-state index contributed by atoms with van der Waals surface area (Å²) >= 11 is 0. The fourth-order valence-corrected chi connectivity index (χ4v) is 2.02. The minimum absolute atomic E-state index is 0.102. The van der Waals surface area contributed by atoms with Crippen LogP contribution in [0, 0.1) is 20.8 Å². The lowest BCUT2D eigenvalue weighted by atomic mass is 9.97. The molecule has 0 saturated heterocycles. The number of rotatable bonds is 3. The first-order chi connectivity index (χ1) is 7.40. The zero-order chi connectivity index (χ0) is 12.3. The van der Waals surface area contributed by atoms with E-state index in [1.54, 1.807) is 0 Å². The Morgan fingerprint density at radius 1 is 1.19 bits per heavy atom. The molecule has 0 atom stereocenters. The van der Waals surface area contributed by atoms with Crippen LogP contribution in [0.1, 0.15) is 36.1 Å². The Labute approximate surface area is 98.1 Å². The Hall–Kier alpha value is -1.31. The van der Waals surface area contributed by atoms with Gasteiger partial charge >= 0.3 is 0 Å². The monoisotopic (exact) mass is 219 g/mol. The van der Waals surface area contributed by atoms with Crippen molar-refractivity contribution >= 4 is 5.91 Å². The highest BCUT2D eigenvalue weighted by Gasteiger charge is 2.09. The Morgan fingerprint density at radius 2 is 1.69 bits per heavy atom. The topological polar surface area (TPSA) is 29.1 Å². The Kier molecular flexibility index (Phi) is 4.11. The van der Waals surface area contributed by atoms with Crippen molar-refractivity contribution in [3.63, 3.8) is 0 Å². The molecule has 88 valence electrons. The zero-order valence-electron chi connectivity index (χ0n) is 10.8. The van der Waals surface area contributed by atoms with Crippen LogP contribution in [0.3, 0.4) is 0 Å². The zero-order valence-corrected chi connectivity index (χ0v) is 10.8. The highest BCUT2D eigenvalue weighted by Crippen LogP contribution is 2.16. The maximum Gasteiger partial charge on any atom is 0.224 e. The number of nitrogens with one attached hydrogen (secondary N) is 1. The van der Waals surface area contributed by atoms with Crippen molar-refractivity contribution in [2.45, 2.75) is 47.1 Å². The van der Waals surface area contributed by atoms with Crippen molar-refractivity contribution < 1.29 is 4.79 Å². The third-order valence-corrected chi connectivity index (χ3v) is 2.63. The molecule has 0 heterocycles. The number of aryl methyl sites for hydroxylation is 3. The van der Waals surface area contributed by atoms with Crippen molar-refractivity contribution in [3.05, 3.63) is 34.4 Å². The van der Waals surface area contributed by atoms with Gasteiger partial charge in [-0.1, -0.05) is 17.7 Å². The summed E-state index contributed by atoms with van der Waals surface area (Å²) in [5.74, 6) is 0.102. The van der Waals surface area contributed by atoms with Gasteiger partial charge in [0, 0.05) is 6.04 Å². The molecule has 1 rings (SSSR count). The standard InChI is InChI=1S/C14H21NO/c1-9(2)15-14(16)8-13-11(4)6-10(3)7-12(13)5/h6-7,9H,8H2,1-5H3,(H,15,16). The van der Waals surface area contributed by atoms with Crippen LogP contribution < -0.4 is 5.32 Å². The van der Waals surface area contributed by atoms with Gasteiger partial charge in [0.1, 0.15) is 0 Å². The first kappa shape index (κ1) is 12.8. The van der Waals surface area contributed by atoms with Crippen molar-refractivity contribution in [3.8, 4) is 0 Å². The predicted octanol–water partition coefficient (Wildman–Crippen LogP) is 2.68. The highest BCUT2D eigenvalue weighted by atomic mass is 16.1. The molecule has 0 fully saturated rings. The van der Waals surface area contributed by atoms with E-state index in [9.17, 15) is 4.79 Å². The Bertz CT molecular complexity index is 371. The molecule has 2 heteroatoms. The lowest BCUT2D eigenvalue weighted by molar-refractivity contribution is -0.120. The lowest BCUT2D eigenvalue weighted by Gasteiger charge is -2.13. The van der Waals surface area contributed by atoms with E-state index in [-0.39, 0.29) is 11.9 Å². The second-order valence-corrected chi connectivity index (χ2v) is 4.78. The van der Waals surface area contributed by atoms with E-state index in [2.05, 4.69) is 38.2 Å². The largest absolute Gasteiger partial charge is 0.354 e. The third-order valence-electron chi connectivity index (χ3n) is 2.63. The van der Waals surface area contributed by atoms with Gasteiger partial charge in [-0.2, -0.15) is 0 Å². The second-order valence-electron chi connectivity index (χ2n) is 4.78. The summed E-state index contributed by atoms with van der Waals surface area (Å²) in [5, 5.41) is 2.92. The summed E-state index contributed by atoms with van der Waals surface area (Å²) in [5.41, 5.74) is 4.82. The van der Waals surface area contributed by atoms with E-state index in [1.165, 1.54) is 16.7 Å². The molecule has 0 spiro atoms. The summed E-state index contributed by atoms with van der Waals surface area (Å²) < 4.78 is 0. The average molecular weight is 219 g/mol. The molecule has 0 unspecified atom stereocenters. The van der Waals surface area contributed by atoms with Gasteiger partial charge in [-0.25, -0.2) is 0 Å². The van der Waals surface area contributed by atoms with Gasteiger partial charge in [-0.15, -0.1) is 0 Å². The molecule has 1 N–H and O–H groups in total.